The zero-order valence-corrected chi connectivity index (χ0v) is 12.3. The largest absolute Gasteiger partial charge is 0.431 e. The van der Waals surface area contributed by atoms with Crippen LogP contribution in [0.25, 0.3) is 16.7 Å². The van der Waals surface area contributed by atoms with E-state index in [0.717, 1.165) is 28.2 Å². The molecule has 0 saturated heterocycles. The number of para-hydroxylation sites is 2. The van der Waals surface area contributed by atoms with Gasteiger partial charge in [0, 0.05) is 18.1 Å². The van der Waals surface area contributed by atoms with E-state index in [0.29, 0.717) is 5.22 Å². The quantitative estimate of drug-likeness (QED) is 0.534. The van der Waals surface area contributed by atoms with Crippen molar-refractivity contribution in [1.82, 2.24) is 14.4 Å². The second-order valence-corrected chi connectivity index (χ2v) is 5.87. The predicted molar refractivity (Wildman–Crippen MR) is 83.5 cm³/mol. The molecular weight excluding hydrogens is 282 g/mol. The lowest BCUT2D eigenvalue weighted by Crippen LogP contribution is -1.82. The fraction of sp³-hybridized carbons (Fsp3) is 0.125. The number of nitrogens with zero attached hydrogens (tertiary/aromatic N) is 3. The van der Waals surface area contributed by atoms with Crippen molar-refractivity contribution in [1.29, 1.82) is 0 Å². The van der Waals surface area contributed by atoms with E-state index in [1.807, 2.05) is 30.3 Å². The van der Waals surface area contributed by atoms with E-state index in [1.54, 1.807) is 11.8 Å². The lowest BCUT2D eigenvalue weighted by molar-refractivity contribution is 0.489. The van der Waals surface area contributed by atoms with Crippen LogP contribution < -0.4 is 0 Å². The SMILES string of the molecule is Cc1ccc2nc(CSc3nc4ccccc4o3)cn2c1. The molecule has 4 rings (SSSR count). The average molecular weight is 295 g/mol. The van der Waals surface area contributed by atoms with Crippen LogP contribution in [0, 0.1) is 6.92 Å². The Morgan fingerprint density at radius 1 is 1.10 bits per heavy atom. The third kappa shape index (κ3) is 2.40. The molecule has 0 unspecified atom stereocenters. The van der Waals surface area contributed by atoms with Crippen LogP contribution in [0.3, 0.4) is 0 Å². The molecule has 5 heteroatoms. The summed E-state index contributed by atoms with van der Waals surface area (Å²) in [6.07, 6.45) is 4.13. The van der Waals surface area contributed by atoms with Gasteiger partial charge < -0.3 is 8.82 Å². The highest BCUT2D eigenvalue weighted by molar-refractivity contribution is 7.98. The smallest absolute Gasteiger partial charge is 0.257 e. The van der Waals surface area contributed by atoms with E-state index in [1.165, 1.54) is 5.56 Å². The molecule has 1 aromatic carbocycles. The van der Waals surface area contributed by atoms with E-state index >= 15 is 0 Å². The first-order valence-corrected chi connectivity index (χ1v) is 7.69. The van der Waals surface area contributed by atoms with Crippen molar-refractivity contribution in [2.45, 2.75) is 17.9 Å². The summed E-state index contributed by atoms with van der Waals surface area (Å²) < 4.78 is 7.75. The number of pyridine rings is 1. The number of imidazole rings is 1. The predicted octanol–water partition coefficient (Wildman–Crippen LogP) is 4.08. The fourth-order valence-electron chi connectivity index (χ4n) is 2.27. The third-order valence-corrected chi connectivity index (χ3v) is 4.13. The summed E-state index contributed by atoms with van der Waals surface area (Å²) in [6.45, 7) is 2.08. The van der Waals surface area contributed by atoms with Gasteiger partial charge in [-0.05, 0) is 30.7 Å². The van der Waals surface area contributed by atoms with Crippen LogP contribution in [-0.4, -0.2) is 14.4 Å². The van der Waals surface area contributed by atoms with Crippen LogP contribution >= 0.6 is 11.8 Å². The number of thioether (sulfide) groups is 1. The lowest BCUT2D eigenvalue weighted by atomic mass is 10.3. The Kier molecular flexibility index (Phi) is 2.93. The maximum Gasteiger partial charge on any atom is 0.257 e. The first kappa shape index (κ1) is 12.5. The number of aryl methyl sites for hydroxylation is 1. The average Bonchev–Trinajstić information content (AvgIpc) is 3.07. The van der Waals surface area contributed by atoms with Gasteiger partial charge in [0.2, 0.25) is 0 Å². The van der Waals surface area contributed by atoms with E-state index < -0.39 is 0 Å². The van der Waals surface area contributed by atoms with Crippen molar-refractivity contribution in [3.63, 3.8) is 0 Å². The second kappa shape index (κ2) is 4.93. The molecule has 21 heavy (non-hydrogen) atoms. The Morgan fingerprint density at radius 2 is 2.00 bits per heavy atom. The van der Waals surface area contributed by atoms with E-state index in [-0.39, 0.29) is 0 Å². The van der Waals surface area contributed by atoms with Gasteiger partial charge in [0.05, 0.1) is 5.69 Å². The highest BCUT2D eigenvalue weighted by Crippen LogP contribution is 2.25. The summed E-state index contributed by atoms with van der Waals surface area (Å²) in [7, 11) is 0. The Hall–Kier alpha value is -2.27. The number of oxazole rings is 1. The van der Waals surface area contributed by atoms with Crippen molar-refractivity contribution < 1.29 is 4.42 Å². The molecule has 4 aromatic rings. The molecule has 0 aliphatic heterocycles. The molecule has 3 aromatic heterocycles. The second-order valence-electron chi connectivity index (χ2n) is 4.94. The van der Waals surface area contributed by atoms with Crippen molar-refractivity contribution >= 4 is 28.5 Å². The Labute approximate surface area is 125 Å². The summed E-state index contributed by atoms with van der Waals surface area (Å²) in [5, 5.41) is 0.685. The van der Waals surface area contributed by atoms with Crippen molar-refractivity contribution in [2.75, 3.05) is 0 Å². The molecule has 0 fully saturated rings. The van der Waals surface area contributed by atoms with Crippen molar-refractivity contribution in [2.24, 2.45) is 0 Å². The zero-order chi connectivity index (χ0) is 14.2. The Morgan fingerprint density at radius 3 is 2.90 bits per heavy atom. The number of benzene rings is 1. The molecule has 104 valence electrons. The molecule has 0 aliphatic carbocycles. The van der Waals surface area contributed by atoms with Crippen molar-refractivity contribution in [3.05, 3.63) is 60.0 Å². The molecule has 0 N–H and O–H groups in total. The first-order valence-electron chi connectivity index (χ1n) is 6.70. The molecule has 0 aliphatic rings. The van der Waals surface area contributed by atoms with Gasteiger partial charge in [-0.15, -0.1) is 0 Å². The number of hydrogen-bond acceptors (Lipinski definition) is 4. The highest BCUT2D eigenvalue weighted by atomic mass is 32.2. The Bertz CT molecular complexity index is 892. The molecule has 0 spiro atoms. The third-order valence-electron chi connectivity index (χ3n) is 3.27. The minimum absolute atomic E-state index is 0.685. The van der Waals surface area contributed by atoms with Crippen LogP contribution in [0.2, 0.25) is 0 Å². The summed E-state index contributed by atoms with van der Waals surface area (Å²) in [5.41, 5.74) is 4.93. The van der Waals surface area contributed by atoms with Gasteiger partial charge in [-0.1, -0.05) is 30.0 Å². The molecular formula is C16H13N3OS. The maximum absolute atomic E-state index is 5.70. The van der Waals surface area contributed by atoms with Gasteiger partial charge in [0.15, 0.2) is 5.58 Å². The maximum atomic E-state index is 5.70. The number of hydrogen-bond donors (Lipinski definition) is 0. The molecule has 0 atom stereocenters. The van der Waals surface area contributed by atoms with E-state index in [9.17, 15) is 0 Å². The van der Waals surface area contributed by atoms with Gasteiger partial charge in [0.1, 0.15) is 11.2 Å². The number of rotatable bonds is 3. The van der Waals surface area contributed by atoms with Gasteiger partial charge in [-0.2, -0.15) is 0 Å². The first-order chi connectivity index (χ1) is 10.3. The minimum Gasteiger partial charge on any atom is -0.431 e. The van der Waals surface area contributed by atoms with Crippen LogP contribution in [0.4, 0.5) is 0 Å². The lowest BCUT2D eigenvalue weighted by Gasteiger charge is -1.93. The summed E-state index contributed by atoms with van der Waals surface area (Å²) in [6, 6.07) is 11.9. The van der Waals surface area contributed by atoms with E-state index in [4.69, 9.17) is 4.42 Å². The molecule has 0 amide bonds. The minimum atomic E-state index is 0.685. The van der Waals surface area contributed by atoms with Crippen LogP contribution in [0.15, 0.2) is 58.4 Å². The van der Waals surface area contributed by atoms with Crippen LogP contribution in [-0.2, 0) is 5.75 Å². The van der Waals surface area contributed by atoms with Crippen LogP contribution in [0.1, 0.15) is 11.3 Å². The molecule has 4 nitrogen and oxygen atoms in total. The molecule has 0 bridgehead atoms. The fourth-order valence-corrected chi connectivity index (χ4v) is 3.00. The summed E-state index contributed by atoms with van der Waals surface area (Å²) in [5.74, 6) is 0.744. The summed E-state index contributed by atoms with van der Waals surface area (Å²) >= 11 is 1.57. The highest BCUT2D eigenvalue weighted by Gasteiger charge is 2.08. The number of fused-ring (bicyclic) bond motifs is 2. The molecule has 3 heterocycles. The van der Waals surface area contributed by atoms with Gasteiger partial charge in [0.25, 0.3) is 5.22 Å². The zero-order valence-electron chi connectivity index (χ0n) is 11.5. The Balaban J connectivity index is 1.57. The monoisotopic (exact) mass is 295 g/mol. The van der Waals surface area contributed by atoms with Gasteiger partial charge in [-0.3, -0.25) is 0 Å². The topological polar surface area (TPSA) is 43.3 Å². The van der Waals surface area contributed by atoms with Gasteiger partial charge >= 0.3 is 0 Å². The van der Waals surface area contributed by atoms with Crippen molar-refractivity contribution in [3.8, 4) is 0 Å². The van der Waals surface area contributed by atoms with Gasteiger partial charge in [-0.25, -0.2) is 9.97 Å². The summed E-state index contributed by atoms with van der Waals surface area (Å²) in [4.78, 5) is 9.05. The normalized spacial score (nSPS) is 11.5. The van der Waals surface area contributed by atoms with Crippen LogP contribution in [0.5, 0.6) is 0 Å². The molecule has 0 saturated carbocycles. The molecule has 0 radical (unpaired) electrons. The number of aromatic nitrogens is 3. The standard InChI is InChI=1S/C16H13N3OS/c1-11-6-7-15-17-12(9-19(15)8-11)10-21-16-18-13-4-2-3-5-14(13)20-16/h2-9H,10H2,1H3. The van der Waals surface area contributed by atoms with E-state index in [2.05, 4.69) is 39.8 Å².